The van der Waals surface area contributed by atoms with E-state index in [-0.39, 0.29) is 18.4 Å². The molecule has 0 heterocycles. The largest absolute Gasteiger partial charge is 0.340 e. The SMILES string of the molecule is NC1CCCCC1CC(P(=O)(O)O)P(=O)(O)O. The van der Waals surface area contributed by atoms with Gasteiger partial charge in [0.05, 0.1) is 0 Å². The van der Waals surface area contributed by atoms with Crippen LogP contribution >= 0.6 is 15.2 Å². The summed E-state index contributed by atoms with van der Waals surface area (Å²) >= 11 is 0. The van der Waals surface area contributed by atoms with Gasteiger partial charge in [0, 0.05) is 6.04 Å². The molecule has 2 atom stereocenters. The van der Waals surface area contributed by atoms with Gasteiger partial charge in [-0.3, -0.25) is 9.13 Å². The Labute approximate surface area is 99.7 Å². The monoisotopic (exact) mass is 287 g/mol. The van der Waals surface area contributed by atoms with Crippen LogP contribution in [0.4, 0.5) is 0 Å². The summed E-state index contributed by atoms with van der Waals surface area (Å²) in [6, 6.07) is -0.232. The van der Waals surface area contributed by atoms with Gasteiger partial charge in [-0.1, -0.05) is 12.8 Å². The summed E-state index contributed by atoms with van der Waals surface area (Å²) in [6.45, 7) is 0. The minimum absolute atomic E-state index is 0.213. The molecule has 17 heavy (non-hydrogen) atoms. The molecule has 0 aromatic carbocycles. The fraction of sp³-hybridized carbons (Fsp3) is 1.00. The molecule has 0 spiro atoms. The highest BCUT2D eigenvalue weighted by molar-refractivity contribution is 7.70. The summed E-state index contributed by atoms with van der Waals surface area (Å²) in [7, 11) is -9.62. The molecule has 0 bridgehead atoms. The first kappa shape index (κ1) is 15.3. The first-order valence-corrected chi connectivity index (χ1v) is 8.84. The second-order valence-corrected chi connectivity index (χ2v) is 8.61. The van der Waals surface area contributed by atoms with E-state index >= 15 is 0 Å². The smallest absolute Gasteiger partial charge is 0.327 e. The topological polar surface area (TPSA) is 141 Å². The predicted octanol–water partition coefficient (Wildman–Crippen LogP) is 0.575. The standard InChI is InChI=1S/C8H19NO6P2/c9-7-4-2-1-3-6(7)5-8(16(10,11)12)17(13,14)15/h6-8H,1-5,9H2,(H2,10,11,12)(H2,13,14,15). The van der Waals surface area contributed by atoms with Gasteiger partial charge in [-0.2, -0.15) is 0 Å². The van der Waals surface area contributed by atoms with Crippen molar-refractivity contribution >= 4 is 15.2 Å². The van der Waals surface area contributed by atoms with Crippen LogP contribution in [0, 0.1) is 5.92 Å². The van der Waals surface area contributed by atoms with E-state index in [1.54, 1.807) is 0 Å². The maximum absolute atomic E-state index is 11.1. The molecule has 9 heteroatoms. The highest BCUT2D eigenvalue weighted by Gasteiger charge is 2.45. The van der Waals surface area contributed by atoms with E-state index in [4.69, 9.17) is 25.3 Å². The fourth-order valence-corrected chi connectivity index (χ4v) is 4.93. The van der Waals surface area contributed by atoms with E-state index in [1.165, 1.54) is 0 Å². The highest BCUT2D eigenvalue weighted by atomic mass is 31.2. The lowest BCUT2D eigenvalue weighted by atomic mass is 9.83. The van der Waals surface area contributed by atoms with E-state index in [9.17, 15) is 9.13 Å². The van der Waals surface area contributed by atoms with E-state index in [2.05, 4.69) is 0 Å². The van der Waals surface area contributed by atoms with Crippen LogP contribution in [0.5, 0.6) is 0 Å². The van der Waals surface area contributed by atoms with Crippen molar-refractivity contribution in [2.75, 3.05) is 0 Å². The van der Waals surface area contributed by atoms with Crippen molar-refractivity contribution in [1.29, 1.82) is 0 Å². The summed E-state index contributed by atoms with van der Waals surface area (Å²) in [5.74, 6) is -0.228. The lowest BCUT2D eigenvalue weighted by Gasteiger charge is -2.31. The van der Waals surface area contributed by atoms with Gasteiger partial charge in [0.15, 0.2) is 5.40 Å². The van der Waals surface area contributed by atoms with Crippen LogP contribution < -0.4 is 5.73 Å². The van der Waals surface area contributed by atoms with Gasteiger partial charge in [-0.05, 0) is 25.2 Å². The Morgan fingerprint density at radius 1 is 1.06 bits per heavy atom. The molecular weight excluding hydrogens is 268 g/mol. The molecule has 2 unspecified atom stereocenters. The summed E-state index contributed by atoms with van der Waals surface area (Å²) in [6.07, 6.45) is 3.02. The van der Waals surface area contributed by atoms with E-state index in [0.717, 1.165) is 19.3 Å². The van der Waals surface area contributed by atoms with Crippen molar-refractivity contribution in [3.8, 4) is 0 Å². The zero-order chi connectivity index (χ0) is 13.3. The van der Waals surface area contributed by atoms with Crippen LogP contribution in [0.1, 0.15) is 32.1 Å². The Morgan fingerprint density at radius 2 is 1.53 bits per heavy atom. The first-order chi connectivity index (χ1) is 7.62. The molecule has 0 amide bonds. The van der Waals surface area contributed by atoms with Gasteiger partial charge >= 0.3 is 15.2 Å². The number of hydrogen-bond donors (Lipinski definition) is 5. The Hall–Kier alpha value is 0.260. The van der Waals surface area contributed by atoms with Gasteiger partial charge in [0.2, 0.25) is 0 Å². The highest BCUT2D eigenvalue weighted by Crippen LogP contribution is 2.62. The van der Waals surface area contributed by atoms with Crippen molar-refractivity contribution in [1.82, 2.24) is 0 Å². The maximum Gasteiger partial charge on any atom is 0.340 e. The molecular formula is C8H19NO6P2. The predicted molar refractivity (Wildman–Crippen MR) is 62.4 cm³/mol. The second-order valence-electron chi connectivity index (χ2n) is 4.60. The summed E-state index contributed by atoms with van der Waals surface area (Å²) in [5.41, 5.74) is 5.81. The van der Waals surface area contributed by atoms with Crippen LogP contribution in [0.2, 0.25) is 0 Å². The van der Waals surface area contributed by atoms with Crippen molar-refractivity contribution in [2.24, 2.45) is 11.7 Å². The first-order valence-electron chi connectivity index (χ1n) is 5.48. The summed E-state index contributed by atoms with van der Waals surface area (Å²) in [5, 5.41) is -1.91. The maximum atomic E-state index is 11.1. The molecule has 7 nitrogen and oxygen atoms in total. The van der Waals surface area contributed by atoms with Crippen LogP contribution in [0.3, 0.4) is 0 Å². The Kier molecular flexibility index (Phi) is 4.95. The summed E-state index contributed by atoms with van der Waals surface area (Å²) in [4.78, 5) is 36.0. The van der Waals surface area contributed by atoms with Crippen LogP contribution in [0.25, 0.3) is 0 Å². The zero-order valence-corrected chi connectivity index (χ0v) is 11.1. The minimum Gasteiger partial charge on any atom is -0.327 e. The van der Waals surface area contributed by atoms with Crippen LogP contribution in [0.15, 0.2) is 0 Å². The van der Waals surface area contributed by atoms with Gasteiger partial charge in [0.25, 0.3) is 0 Å². The zero-order valence-electron chi connectivity index (χ0n) is 9.34. The Bertz CT molecular complexity index is 328. The molecule has 0 aromatic heterocycles. The Balaban J connectivity index is 2.80. The van der Waals surface area contributed by atoms with Crippen molar-refractivity contribution in [3.63, 3.8) is 0 Å². The van der Waals surface area contributed by atoms with Gasteiger partial charge in [-0.15, -0.1) is 0 Å². The van der Waals surface area contributed by atoms with Crippen molar-refractivity contribution in [3.05, 3.63) is 0 Å². The molecule has 1 fully saturated rings. The average molecular weight is 287 g/mol. The Morgan fingerprint density at radius 3 is 1.94 bits per heavy atom. The quantitative estimate of drug-likeness (QED) is 0.476. The molecule has 0 aliphatic heterocycles. The van der Waals surface area contributed by atoms with Gasteiger partial charge in [-0.25, -0.2) is 0 Å². The van der Waals surface area contributed by atoms with Crippen LogP contribution in [-0.2, 0) is 9.13 Å². The molecule has 0 saturated heterocycles. The lowest BCUT2D eigenvalue weighted by Crippen LogP contribution is -2.35. The lowest BCUT2D eigenvalue weighted by molar-refractivity contribution is 0.273. The third kappa shape index (κ3) is 4.45. The molecule has 1 saturated carbocycles. The summed E-state index contributed by atoms with van der Waals surface area (Å²) < 4.78 is 22.2. The fourth-order valence-electron chi connectivity index (χ4n) is 2.27. The van der Waals surface area contributed by atoms with Crippen molar-refractivity contribution in [2.45, 2.75) is 43.5 Å². The second kappa shape index (κ2) is 5.49. The number of hydrogen-bond acceptors (Lipinski definition) is 3. The van der Waals surface area contributed by atoms with Crippen LogP contribution in [-0.4, -0.2) is 31.0 Å². The average Bonchev–Trinajstić information content (AvgIpc) is 2.12. The third-order valence-electron chi connectivity index (χ3n) is 3.26. The number of nitrogens with two attached hydrogens (primary N) is 1. The molecule has 6 N–H and O–H groups in total. The molecule has 1 rings (SSSR count). The van der Waals surface area contributed by atoms with E-state index in [0.29, 0.717) is 6.42 Å². The third-order valence-corrected chi connectivity index (χ3v) is 7.04. The van der Waals surface area contributed by atoms with Gasteiger partial charge in [0.1, 0.15) is 0 Å². The normalized spacial score (nSPS) is 27.4. The van der Waals surface area contributed by atoms with E-state index in [1.807, 2.05) is 0 Å². The molecule has 102 valence electrons. The number of rotatable bonds is 4. The molecule has 1 aliphatic carbocycles. The van der Waals surface area contributed by atoms with Gasteiger partial charge < -0.3 is 25.3 Å². The van der Waals surface area contributed by atoms with Crippen molar-refractivity contribution < 1.29 is 28.7 Å². The molecule has 0 aromatic rings. The molecule has 0 radical (unpaired) electrons. The van der Waals surface area contributed by atoms with E-state index < -0.39 is 20.6 Å². The minimum atomic E-state index is -4.81. The molecule has 1 aliphatic rings.